The van der Waals surface area contributed by atoms with Crippen molar-refractivity contribution in [1.29, 1.82) is 0 Å². The molecule has 0 bridgehead atoms. The predicted octanol–water partition coefficient (Wildman–Crippen LogP) is 1.02. The van der Waals surface area contributed by atoms with Gasteiger partial charge in [0.1, 0.15) is 6.33 Å². The molecule has 1 aromatic heterocycles. The van der Waals surface area contributed by atoms with Crippen molar-refractivity contribution in [1.82, 2.24) is 20.1 Å². The monoisotopic (exact) mass is 279 g/mol. The number of amides is 1. The molecule has 0 spiro atoms. The number of halogens is 1. The summed E-state index contributed by atoms with van der Waals surface area (Å²) in [6, 6.07) is 4.79. The number of nitrogen functional groups attached to an aromatic ring is 1. The fraction of sp³-hybridized carbons (Fsp3) is 0.250. The molecule has 0 saturated carbocycles. The molecule has 0 aliphatic rings. The maximum atomic E-state index is 11.9. The normalized spacial score (nSPS) is 10.4. The fourth-order valence-electron chi connectivity index (χ4n) is 1.62. The summed E-state index contributed by atoms with van der Waals surface area (Å²) in [6.45, 7) is 0.449. The van der Waals surface area contributed by atoms with E-state index >= 15 is 0 Å². The van der Waals surface area contributed by atoms with E-state index in [-0.39, 0.29) is 5.91 Å². The van der Waals surface area contributed by atoms with Crippen LogP contribution in [0.1, 0.15) is 16.2 Å². The van der Waals surface area contributed by atoms with Gasteiger partial charge in [-0.15, -0.1) is 0 Å². The topological polar surface area (TPSA) is 85.8 Å². The van der Waals surface area contributed by atoms with Crippen LogP contribution in [0, 0.1) is 0 Å². The van der Waals surface area contributed by atoms with E-state index in [1.807, 2.05) is 0 Å². The number of benzene rings is 1. The molecule has 0 aliphatic heterocycles. The molecule has 100 valence electrons. The van der Waals surface area contributed by atoms with Crippen molar-refractivity contribution >= 4 is 23.2 Å². The van der Waals surface area contributed by atoms with Gasteiger partial charge >= 0.3 is 0 Å². The van der Waals surface area contributed by atoms with Crippen LogP contribution in [0.25, 0.3) is 0 Å². The lowest BCUT2D eigenvalue weighted by molar-refractivity contribution is 0.0955. The van der Waals surface area contributed by atoms with Crippen molar-refractivity contribution in [3.8, 4) is 0 Å². The molecular formula is C12H14ClN5O. The molecule has 1 aromatic carbocycles. The molecule has 0 aliphatic carbocycles. The number of aromatic nitrogens is 3. The van der Waals surface area contributed by atoms with E-state index in [4.69, 9.17) is 17.3 Å². The molecular weight excluding hydrogens is 266 g/mol. The Kier molecular flexibility index (Phi) is 4.01. The predicted molar refractivity (Wildman–Crippen MR) is 72.9 cm³/mol. The van der Waals surface area contributed by atoms with Crippen molar-refractivity contribution in [2.24, 2.45) is 7.05 Å². The van der Waals surface area contributed by atoms with Gasteiger partial charge in [-0.2, -0.15) is 5.10 Å². The van der Waals surface area contributed by atoms with Gasteiger partial charge in [0.2, 0.25) is 0 Å². The van der Waals surface area contributed by atoms with E-state index in [2.05, 4.69) is 15.4 Å². The summed E-state index contributed by atoms with van der Waals surface area (Å²) in [4.78, 5) is 16.0. The van der Waals surface area contributed by atoms with Crippen LogP contribution < -0.4 is 11.1 Å². The molecule has 0 unspecified atom stereocenters. The maximum Gasteiger partial charge on any atom is 0.253 e. The van der Waals surface area contributed by atoms with E-state index in [0.29, 0.717) is 35.1 Å². The second kappa shape index (κ2) is 5.71. The first-order valence-corrected chi connectivity index (χ1v) is 6.12. The van der Waals surface area contributed by atoms with E-state index in [1.54, 1.807) is 36.3 Å². The van der Waals surface area contributed by atoms with Crippen LogP contribution in [0.3, 0.4) is 0 Å². The highest BCUT2D eigenvalue weighted by Crippen LogP contribution is 2.17. The third-order valence-electron chi connectivity index (χ3n) is 2.54. The number of carbonyl (C=O) groups is 1. The first kappa shape index (κ1) is 13.4. The molecule has 7 heteroatoms. The highest BCUT2D eigenvalue weighted by molar-refractivity contribution is 6.31. The number of hydrogen-bond donors (Lipinski definition) is 2. The molecule has 0 radical (unpaired) electrons. The van der Waals surface area contributed by atoms with Crippen LogP contribution in [0.15, 0.2) is 24.5 Å². The lowest BCUT2D eigenvalue weighted by Gasteiger charge is -2.06. The maximum absolute atomic E-state index is 11.9. The fourth-order valence-corrected chi connectivity index (χ4v) is 1.80. The largest absolute Gasteiger partial charge is 0.398 e. The van der Waals surface area contributed by atoms with E-state index in [9.17, 15) is 4.79 Å². The summed E-state index contributed by atoms with van der Waals surface area (Å²) in [6.07, 6.45) is 2.19. The van der Waals surface area contributed by atoms with Crippen molar-refractivity contribution in [3.63, 3.8) is 0 Å². The lowest BCUT2D eigenvalue weighted by atomic mass is 10.1. The van der Waals surface area contributed by atoms with Gasteiger partial charge in [0, 0.05) is 30.7 Å². The van der Waals surface area contributed by atoms with Gasteiger partial charge in [-0.05, 0) is 18.2 Å². The summed E-state index contributed by atoms with van der Waals surface area (Å²) >= 11 is 5.78. The van der Waals surface area contributed by atoms with Crippen LogP contribution >= 0.6 is 11.6 Å². The van der Waals surface area contributed by atoms with Gasteiger partial charge in [0.15, 0.2) is 5.82 Å². The first-order chi connectivity index (χ1) is 9.06. The number of nitrogens with zero attached hydrogens (tertiary/aromatic N) is 3. The smallest absolute Gasteiger partial charge is 0.253 e. The molecule has 1 amide bonds. The Bertz CT molecular complexity index is 596. The first-order valence-electron chi connectivity index (χ1n) is 5.74. The highest BCUT2D eigenvalue weighted by Gasteiger charge is 2.09. The van der Waals surface area contributed by atoms with Crippen molar-refractivity contribution in [2.75, 3.05) is 12.3 Å². The summed E-state index contributed by atoms with van der Waals surface area (Å²) in [7, 11) is 1.80. The number of nitrogens with two attached hydrogens (primary N) is 1. The number of carbonyl (C=O) groups excluding carboxylic acids is 1. The highest BCUT2D eigenvalue weighted by atomic mass is 35.5. The molecule has 2 rings (SSSR count). The van der Waals surface area contributed by atoms with Crippen LogP contribution in [0.2, 0.25) is 5.02 Å². The molecule has 0 atom stereocenters. The lowest BCUT2D eigenvalue weighted by Crippen LogP contribution is -2.26. The number of nitrogens with one attached hydrogen (secondary N) is 1. The van der Waals surface area contributed by atoms with Gasteiger partial charge < -0.3 is 11.1 Å². The summed E-state index contributed by atoms with van der Waals surface area (Å²) in [5.74, 6) is 0.456. The number of rotatable bonds is 4. The van der Waals surface area contributed by atoms with E-state index in [0.717, 1.165) is 0 Å². The minimum absolute atomic E-state index is 0.231. The second-order valence-electron chi connectivity index (χ2n) is 4.07. The molecule has 6 nitrogen and oxygen atoms in total. The zero-order valence-corrected chi connectivity index (χ0v) is 11.2. The standard InChI is InChI=1S/C12H14ClN5O/c1-18-7-16-11(17-18)4-5-15-12(19)9-3-2-8(13)6-10(9)14/h2-3,6-7H,4-5,14H2,1H3,(H,15,19). The van der Waals surface area contributed by atoms with Gasteiger partial charge in [-0.3, -0.25) is 9.48 Å². The van der Waals surface area contributed by atoms with Gasteiger partial charge in [-0.25, -0.2) is 4.98 Å². The van der Waals surface area contributed by atoms with Crippen molar-refractivity contribution < 1.29 is 4.79 Å². The summed E-state index contributed by atoms with van der Waals surface area (Å²) < 4.78 is 1.62. The molecule has 2 aromatic rings. The van der Waals surface area contributed by atoms with Crippen LogP contribution in [0.5, 0.6) is 0 Å². The SMILES string of the molecule is Cn1cnc(CCNC(=O)c2ccc(Cl)cc2N)n1. The van der Waals surface area contributed by atoms with Gasteiger partial charge in [0.05, 0.1) is 5.56 Å². The zero-order valence-electron chi connectivity index (χ0n) is 10.4. The molecule has 0 fully saturated rings. The van der Waals surface area contributed by atoms with Crippen LogP contribution in [-0.2, 0) is 13.5 Å². The van der Waals surface area contributed by atoms with Gasteiger partial charge in [-0.1, -0.05) is 11.6 Å². The Morgan fingerprint density at radius 3 is 2.95 bits per heavy atom. The van der Waals surface area contributed by atoms with E-state index in [1.165, 1.54) is 0 Å². The Balaban J connectivity index is 1.90. The molecule has 19 heavy (non-hydrogen) atoms. The Labute approximate surface area is 115 Å². The van der Waals surface area contributed by atoms with Crippen LogP contribution in [0.4, 0.5) is 5.69 Å². The molecule has 1 heterocycles. The van der Waals surface area contributed by atoms with Crippen molar-refractivity contribution in [3.05, 3.63) is 40.9 Å². The molecule has 3 N–H and O–H groups in total. The third-order valence-corrected chi connectivity index (χ3v) is 2.77. The summed E-state index contributed by atoms with van der Waals surface area (Å²) in [5.41, 5.74) is 6.51. The van der Waals surface area contributed by atoms with Crippen molar-refractivity contribution in [2.45, 2.75) is 6.42 Å². The van der Waals surface area contributed by atoms with Gasteiger partial charge in [0.25, 0.3) is 5.91 Å². The Morgan fingerprint density at radius 2 is 2.32 bits per heavy atom. The average Bonchev–Trinajstić information content (AvgIpc) is 2.75. The second-order valence-corrected chi connectivity index (χ2v) is 4.51. The minimum atomic E-state index is -0.231. The molecule has 0 saturated heterocycles. The van der Waals surface area contributed by atoms with Crippen LogP contribution in [-0.4, -0.2) is 27.2 Å². The minimum Gasteiger partial charge on any atom is -0.398 e. The number of hydrogen-bond acceptors (Lipinski definition) is 4. The average molecular weight is 280 g/mol. The summed E-state index contributed by atoms with van der Waals surface area (Å²) in [5, 5.41) is 7.39. The number of aryl methyl sites for hydroxylation is 1. The Hall–Kier alpha value is -2.08. The zero-order chi connectivity index (χ0) is 13.8. The number of anilines is 1. The Morgan fingerprint density at radius 1 is 1.53 bits per heavy atom. The van der Waals surface area contributed by atoms with E-state index < -0.39 is 0 Å². The quantitative estimate of drug-likeness (QED) is 0.818. The third kappa shape index (κ3) is 3.45.